The Hall–Kier alpha value is -3.08. The molecule has 0 aliphatic rings. The van der Waals surface area contributed by atoms with Crippen molar-refractivity contribution >= 4 is 11.6 Å². The third-order valence-electron chi connectivity index (χ3n) is 3.21. The largest absolute Gasteiger partial charge is 0.417 e. The number of hydrogen-bond acceptors (Lipinski definition) is 3. The third-order valence-corrected chi connectivity index (χ3v) is 3.21. The van der Waals surface area contributed by atoms with Crippen molar-refractivity contribution in [2.75, 3.05) is 11.4 Å². The number of benzene rings is 1. The fourth-order valence-corrected chi connectivity index (χ4v) is 2.06. The van der Waals surface area contributed by atoms with E-state index in [1.165, 1.54) is 0 Å². The third kappa shape index (κ3) is 4.01. The molecule has 0 fully saturated rings. The number of amides is 1. The Balaban J connectivity index is 2.31. The molecule has 0 aliphatic carbocycles. The van der Waals surface area contributed by atoms with E-state index in [2.05, 4.69) is 0 Å². The zero-order valence-electron chi connectivity index (χ0n) is 12.3. The van der Waals surface area contributed by atoms with Crippen LogP contribution < -0.4 is 10.5 Å². The first kappa shape index (κ1) is 17.3. The standard InChI is InChI=1S/C16H12F3N3O2/c17-16(18,19)12-6-7-14(23)21(10-12)11-15(24)22(9-8-20)13-4-2-1-3-5-13/h1-7,10H,9,11H2. The maximum Gasteiger partial charge on any atom is 0.417 e. The van der Waals surface area contributed by atoms with Crippen LogP contribution in [0.2, 0.25) is 0 Å². The molecule has 0 unspecified atom stereocenters. The second-order valence-electron chi connectivity index (χ2n) is 4.86. The fourth-order valence-electron chi connectivity index (χ4n) is 2.06. The van der Waals surface area contributed by atoms with Crippen molar-refractivity contribution in [2.45, 2.75) is 12.7 Å². The van der Waals surface area contributed by atoms with Gasteiger partial charge in [-0.25, -0.2) is 0 Å². The summed E-state index contributed by atoms with van der Waals surface area (Å²) in [4.78, 5) is 25.2. The van der Waals surface area contributed by atoms with E-state index in [-0.39, 0.29) is 6.54 Å². The lowest BCUT2D eigenvalue weighted by Gasteiger charge is -2.20. The first-order chi connectivity index (χ1) is 11.3. The molecule has 1 amide bonds. The van der Waals surface area contributed by atoms with E-state index in [1.54, 1.807) is 30.3 Å². The monoisotopic (exact) mass is 335 g/mol. The Kier molecular flexibility index (Phi) is 5.04. The molecule has 8 heteroatoms. The number of aromatic nitrogens is 1. The first-order valence-electron chi connectivity index (χ1n) is 6.83. The summed E-state index contributed by atoms with van der Waals surface area (Å²) < 4.78 is 38.9. The lowest BCUT2D eigenvalue weighted by Crippen LogP contribution is -2.37. The van der Waals surface area contributed by atoms with Gasteiger partial charge in [0.1, 0.15) is 13.1 Å². The van der Waals surface area contributed by atoms with E-state index in [9.17, 15) is 22.8 Å². The second kappa shape index (κ2) is 7.00. The van der Waals surface area contributed by atoms with Crippen LogP contribution in [0.4, 0.5) is 18.9 Å². The number of nitrogens with zero attached hydrogens (tertiary/aromatic N) is 3. The minimum absolute atomic E-state index is 0.281. The highest BCUT2D eigenvalue weighted by atomic mass is 19.4. The van der Waals surface area contributed by atoms with Gasteiger partial charge in [0.25, 0.3) is 5.56 Å². The summed E-state index contributed by atoms with van der Waals surface area (Å²) >= 11 is 0. The van der Waals surface area contributed by atoms with Gasteiger partial charge in [-0.3, -0.25) is 14.5 Å². The van der Waals surface area contributed by atoms with E-state index in [4.69, 9.17) is 5.26 Å². The molecule has 24 heavy (non-hydrogen) atoms. The van der Waals surface area contributed by atoms with Crippen LogP contribution in [-0.4, -0.2) is 17.0 Å². The van der Waals surface area contributed by atoms with Crippen LogP contribution in [0.5, 0.6) is 0 Å². The molecule has 0 spiro atoms. The molecule has 0 bridgehead atoms. The van der Waals surface area contributed by atoms with Gasteiger partial charge < -0.3 is 4.57 Å². The van der Waals surface area contributed by atoms with Gasteiger partial charge in [0.2, 0.25) is 5.91 Å². The average Bonchev–Trinajstić information content (AvgIpc) is 2.54. The van der Waals surface area contributed by atoms with Gasteiger partial charge in [0, 0.05) is 18.0 Å². The van der Waals surface area contributed by atoms with Gasteiger partial charge in [0.15, 0.2) is 0 Å². The van der Waals surface area contributed by atoms with Crippen LogP contribution in [0, 0.1) is 11.3 Å². The first-order valence-corrected chi connectivity index (χ1v) is 6.83. The molecule has 0 N–H and O–H groups in total. The van der Waals surface area contributed by atoms with Crippen molar-refractivity contribution in [3.05, 3.63) is 64.6 Å². The number of alkyl halides is 3. The molecular formula is C16H12F3N3O2. The average molecular weight is 335 g/mol. The number of para-hydroxylation sites is 1. The summed E-state index contributed by atoms with van der Waals surface area (Å²) in [6, 6.07) is 11.4. The Bertz CT molecular complexity index is 823. The van der Waals surface area contributed by atoms with Crippen molar-refractivity contribution < 1.29 is 18.0 Å². The highest BCUT2D eigenvalue weighted by Crippen LogP contribution is 2.28. The van der Waals surface area contributed by atoms with Gasteiger partial charge in [-0.2, -0.15) is 18.4 Å². The molecule has 1 aromatic heterocycles. The van der Waals surface area contributed by atoms with Crippen LogP contribution in [0.15, 0.2) is 53.5 Å². The van der Waals surface area contributed by atoms with Gasteiger partial charge in [-0.1, -0.05) is 18.2 Å². The summed E-state index contributed by atoms with van der Waals surface area (Å²) in [5.74, 6) is -0.663. The fraction of sp³-hybridized carbons (Fsp3) is 0.188. The zero-order chi connectivity index (χ0) is 17.7. The summed E-state index contributed by atoms with van der Waals surface area (Å²) in [5, 5.41) is 8.86. The van der Waals surface area contributed by atoms with Crippen LogP contribution in [0.1, 0.15) is 5.56 Å². The summed E-state index contributed by atoms with van der Waals surface area (Å²) in [6.45, 7) is -0.879. The van der Waals surface area contributed by atoms with E-state index in [1.807, 2.05) is 6.07 Å². The Morgan fingerprint density at radius 3 is 2.42 bits per heavy atom. The number of rotatable bonds is 4. The van der Waals surface area contributed by atoms with Crippen molar-refractivity contribution in [2.24, 2.45) is 0 Å². The molecule has 0 atom stereocenters. The zero-order valence-corrected chi connectivity index (χ0v) is 12.3. The lowest BCUT2D eigenvalue weighted by molar-refractivity contribution is -0.138. The minimum Gasteiger partial charge on any atom is -0.305 e. The van der Waals surface area contributed by atoms with Crippen LogP contribution >= 0.6 is 0 Å². The Morgan fingerprint density at radius 2 is 1.83 bits per heavy atom. The number of hydrogen-bond donors (Lipinski definition) is 0. The molecule has 0 saturated heterocycles. The van der Waals surface area contributed by atoms with E-state index < -0.39 is 29.8 Å². The van der Waals surface area contributed by atoms with Crippen molar-refractivity contribution in [3.63, 3.8) is 0 Å². The van der Waals surface area contributed by atoms with E-state index in [0.29, 0.717) is 22.5 Å². The quantitative estimate of drug-likeness (QED) is 0.806. The molecule has 2 aromatic rings. The number of pyridine rings is 1. The highest BCUT2D eigenvalue weighted by Gasteiger charge is 2.31. The van der Waals surface area contributed by atoms with Gasteiger partial charge >= 0.3 is 6.18 Å². The number of halogens is 3. The Morgan fingerprint density at radius 1 is 1.17 bits per heavy atom. The molecular weight excluding hydrogens is 323 g/mol. The number of carbonyl (C=O) groups excluding carboxylic acids is 1. The van der Waals surface area contributed by atoms with Crippen LogP contribution in [0.25, 0.3) is 0 Å². The van der Waals surface area contributed by atoms with Gasteiger partial charge in [-0.15, -0.1) is 0 Å². The maximum absolute atomic E-state index is 12.7. The summed E-state index contributed by atoms with van der Waals surface area (Å²) in [7, 11) is 0. The molecule has 0 radical (unpaired) electrons. The summed E-state index contributed by atoms with van der Waals surface area (Å²) in [5.41, 5.74) is -1.34. The van der Waals surface area contributed by atoms with Gasteiger partial charge in [-0.05, 0) is 18.2 Å². The molecule has 5 nitrogen and oxygen atoms in total. The van der Waals surface area contributed by atoms with E-state index in [0.717, 1.165) is 11.0 Å². The molecule has 2 rings (SSSR count). The van der Waals surface area contributed by atoms with Crippen LogP contribution in [-0.2, 0) is 17.5 Å². The predicted octanol–water partition coefficient (Wildman–Crippen LogP) is 2.42. The minimum atomic E-state index is -4.62. The highest BCUT2D eigenvalue weighted by molar-refractivity contribution is 5.93. The molecule has 1 aromatic carbocycles. The molecule has 124 valence electrons. The lowest BCUT2D eigenvalue weighted by atomic mass is 10.2. The topological polar surface area (TPSA) is 66.1 Å². The Labute approximate surface area is 135 Å². The number of carbonyl (C=O) groups is 1. The number of anilines is 1. The molecule has 0 saturated carbocycles. The summed E-state index contributed by atoms with van der Waals surface area (Å²) in [6.07, 6.45) is -4.03. The van der Waals surface area contributed by atoms with Gasteiger partial charge in [0.05, 0.1) is 11.6 Å². The normalized spacial score (nSPS) is 10.9. The van der Waals surface area contributed by atoms with E-state index >= 15 is 0 Å². The second-order valence-corrected chi connectivity index (χ2v) is 4.86. The SMILES string of the molecule is N#CCN(C(=O)Cn1cc(C(F)(F)F)ccc1=O)c1ccccc1. The number of nitriles is 1. The van der Waals surface area contributed by atoms with Crippen molar-refractivity contribution in [3.8, 4) is 6.07 Å². The molecule has 0 aliphatic heterocycles. The van der Waals surface area contributed by atoms with Crippen LogP contribution in [0.3, 0.4) is 0 Å². The predicted molar refractivity (Wildman–Crippen MR) is 80.1 cm³/mol. The van der Waals surface area contributed by atoms with Crippen molar-refractivity contribution in [1.29, 1.82) is 5.26 Å². The maximum atomic E-state index is 12.7. The smallest absolute Gasteiger partial charge is 0.305 e. The van der Waals surface area contributed by atoms with Crippen molar-refractivity contribution in [1.82, 2.24) is 4.57 Å². The molecule has 1 heterocycles.